The molecule has 2 saturated heterocycles. The van der Waals surface area contributed by atoms with E-state index < -0.39 is 15.5 Å². The highest BCUT2D eigenvalue weighted by Gasteiger charge is 2.63. The molecule has 0 amide bonds. The third kappa shape index (κ3) is 6.97. The number of benzene rings is 4. The first-order chi connectivity index (χ1) is 22.9. The summed E-state index contributed by atoms with van der Waals surface area (Å²) in [5.74, 6) is 0.432. The molecule has 254 valence electrons. The van der Waals surface area contributed by atoms with Crippen molar-refractivity contribution in [2.45, 2.75) is 96.5 Å². The van der Waals surface area contributed by atoms with Gasteiger partial charge in [-0.1, -0.05) is 164 Å². The van der Waals surface area contributed by atoms with Crippen molar-refractivity contribution in [1.82, 2.24) is 14.5 Å². The van der Waals surface area contributed by atoms with Gasteiger partial charge in [-0.25, -0.2) is 0 Å². The average molecular weight is 678 g/mol. The number of fused-ring (bicyclic) bond motifs is 1. The van der Waals surface area contributed by atoms with Crippen LogP contribution in [0.1, 0.15) is 108 Å². The highest BCUT2D eigenvalue weighted by molar-refractivity contribution is 7.87. The zero-order chi connectivity index (χ0) is 34.1. The molecular weight excluding hydrogens is 620 g/mol. The molecule has 4 aromatic carbocycles. The molecule has 5 heteroatoms. The van der Waals surface area contributed by atoms with Crippen LogP contribution in [-0.4, -0.2) is 34.1 Å². The van der Waals surface area contributed by atoms with Crippen LogP contribution < -0.4 is 10.6 Å². The van der Waals surface area contributed by atoms with E-state index in [9.17, 15) is 0 Å². The molecule has 2 fully saturated rings. The number of unbranched alkanes of at least 4 members (excludes halogenated alkanes) is 1. The second kappa shape index (κ2) is 14.5. The summed E-state index contributed by atoms with van der Waals surface area (Å²) < 4.78 is 3.00. The molecular formula is C43H57N3P2. The first-order valence-electron chi connectivity index (χ1n) is 18.1. The Kier molecular flexibility index (Phi) is 10.7. The molecule has 0 aliphatic carbocycles. The summed E-state index contributed by atoms with van der Waals surface area (Å²) in [5, 5.41) is 8.39. The topological polar surface area (TPSA) is 9.72 Å². The summed E-state index contributed by atoms with van der Waals surface area (Å²) in [4.78, 5) is 0. The highest BCUT2D eigenvalue weighted by atomic mass is 31.2. The molecule has 0 saturated carbocycles. The van der Waals surface area contributed by atoms with Crippen molar-refractivity contribution in [2.75, 3.05) is 19.6 Å². The SMILES string of the molecule is [CH2-][P+]1(N(CCCC)P(c2ccccc2)c2ccccc2)[C@H](c2ccc(C(C)(C)C)cc2)N2CCCCN2[C@H]1c1ccc(C(C)(C)C)cc1. The quantitative estimate of drug-likeness (QED) is 0.129. The Labute approximate surface area is 293 Å². The third-order valence-corrected chi connectivity index (χ3v) is 17.9. The van der Waals surface area contributed by atoms with Gasteiger partial charge >= 0.3 is 0 Å². The van der Waals surface area contributed by atoms with Crippen LogP contribution in [0.2, 0.25) is 0 Å². The van der Waals surface area contributed by atoms with Crippen molar-refractivity contribution in [3.05, 3.63) is 138 Å². The summed E-state index contributed by atoms with van der Waals surface area (Å²) in [5.41, 5.74) is 5.85. The van der Waals surface area contributed by atoms with Gasteiger partial charge in [0.1, 0.15) is 0 Å². The van der Waals surface area contributed by atoms with Gasteiger partial charge in [-0.05, 0) is 51.8 Å². The molecule has 0 bridgehead atoms. The van der Waals surface area contributed by atoms with Crippen molar-refractivity contribution in [2.24, 2.45) is 0 Å². The number of nitrogens with zero attached hydrogens (tertiary/aromatic N) is 3. The molecule has 0 aromatic heterocycles. The molecule has 2 atom stereocenters. The number of hydrogen-bond donors (Lipinski definition) is 0. The van der Waals surface area contributed by atoms with Crippen LogP contribution in [0.4, 0.5) is 0 Å². The van der Waals surface area contributed by atoms with E-state index in [0.717, 1.165) is 32.5 Å². The Morgan fingerprint density at radius 2 is 1.04 bits per heavy atom. The van der Waals surface area contributed by atoms with Crippen LogP contribution in [-0.2, 0) is 10.8 Å². The molecule has 0 spiro atoms. The largest absolute Gasteiger partial charge is 0.197 e. The number of rotatable bonds is 9. The van der Waals surface area contributed by atoms with Gasteiger partial charge in [-0.2, -0.15) is 21.1 Å². The van der Waals surface area contributed by atoms with E-state index in [2.05, 4.69) is 172 Å². The molecule has 48 heavy (non-hydrogen) atoms. The van der Waals surface area contributed by atoms with Crippen molar-refractivity contribution in [3.8, 4) is 0 Å². The minimum Gasteiger partial charge on any atom is -0.197 e. The van der Waals surface area contributed by atoms with Crippen LogP contribution in [0, 0.1) is 6.66 Å². The van der Waals surface area contributed by atoms with Crippen LogP contribution >= 0.6 is 15.5 Å². The smallest absolute Gasteiger partial charge is 0.151 e. The fourth-order valence-electron chi connectivity index (χ4n) is 7.66. The van der Waals surface area contributed by atoms with E-state index in [1.54, 1.807) is 0 Å². The third-order valence-electron chi connectivity index (χ3n) is 10.3. The predicted octanol–water partition coefficient (Wildman–Crippen LogP) is 11.2. The second-order valence-electron chi connectivity index (χ2n) is 15.8. The maximum Gasteiger partial charge on any atom is 0.151 e. The zero-order valence-corrected chi connectivity index (χ0v) is 32.2. The molecule has 2 aliphatic rings. The van der Waals surface area contributed by atoms with Crippen LogP contribution in [0.5, 0.6) is 0 Å². The highest BCUT2D eigenvalue weighted by Crippen LogP contribution is 2.88. The van der Waals surface area contributed by atoms with Crippen molar-refractivity contribution >= 4 is 26.1 Å². The standard InChI is InChI=1S/C43H57N3P2/c1-9-10-33-46(47(38-19-13-11-14-20-38)39-21-15-12-16-22-39)48(8)40(34-23-27-36(28-24-34)42(2,3)4)44-31-17-18-32-45(44)41(48)35-25-29-37(30-26-35)43(5,6)7/h11-16,19-30,40-41H,8-10,17-18,31-33H2,1-7H3/t40-,41-/m1/s1. The van der Waals surface area contributed by atoms with Gasteiger partial charge in [0.25, 0.3) is 0 Å². The van der Waals surface area contributed by atoms with Crippen molar-refractivity contribution < 1.29 is 0 Å². The fraction of sp³-hybridized carbons (Fsp3) is 0.419. The molecule has 3 nitrogen and oxygen atoms in total. The van der Waals surface area contributed by atoms with E-state index in [4.69, 9.17) is 6.66 Å². The van der Waals surface area contributed by atoms with Crippen LogP contribution in [0.25, 0.3) is 0 Å². The molecule has 0 N–H and O–H groups in total. The van der Waals surface area contributed by atoms with Crippen molar-refractivity contribution in [3.63, 3.8) is 0 Å². The number of hydrogen-bond acceptors (Lipinski definition) is 3. The first-order valence-corrected chi connectivity index (χ1v) is 21.5. The zero-order valence-electron chi connectivity index (χ0n) is 30.4. The van der Waals surface area contributed by atoms with Gasteiger partial charge in [0.2, 0.25) is 0 Å². The second-order valence-corrected chi connectivity index (χ2v) is 21.5. The molecule has 0 unspecified atom stereocenters. The Morgan fingerprint density at radius 3 is 1.40 bits per heavy atom. The van der Waals surface area contributed by atoms with Gasteiger partial charge in [0.05, 0.1) is 8.07 Å². The van der Waals surface area contributed by atoms with Crippen LogP contribution in [0.15, 0.2) is 109 Å². The van der Waals surface area contributed by atoms with Gasteiger partial charge in [-0.3, -0.25) is 0 Å². The Bertz CT molecular complexity index is 1490. The van der Waals surface area contributed by atoms with E-state index >= 15 is 0 Å². The first kappa shape index (κ1) is 35.4. The lowest BCUT2D eigenvalue weighted by Crippen LogP contribution is -2.43. The molecule has 4 aromatic rings. The molecule has 0 radical (unpaired) electrons. The average Bonchev–Trinajstić information content (AvgIpc) is 3.35. The molecule has 6 rings (SSSR count). The normalized spacial score (nSPS) is 20.4. The molecule has 2 heterocycles. The predicted molar refractivity (Wildman–Crippen MR) is 211 cm³/mol. The van der Waals surface area contributed by atoms with Gasteiger partial charge in [0, 0.05) is 38.2 Å². The maximum absolute atomic E-state index is 5.65. The van der Waals surface area contributed by atoms with E-state index in [0.29, 0.717) is 0 Å². The Morgan fingerprint density at radius 1 is 0.646 bits per heavy atom. The van der Waals surface area contributed by atoms with Gasteiger partial charge in [-0.15, -0.1) is 0 Å². The minimum absolute atomic E-state index is 0.113. The van der Waals surface area contributed by atoms with Gasteiger partial charge < -0.3 is 0 Å². The maximum atomic E-state index is 5.65. The van der Waals surface area contributed by atoms with E-state index in [1.807, 2.05) is 0 Å². The summed E-state index contributed by atoms with van der Waals surface area (Å²) in [6.07, 6.45) is 4.77. The Hall–Kier alpha value is -2.38. The lowest BCUT2D eigenvalue weighted by molar-refractivity contribution is -0.0531. The van der Waals surface area contributed by atoms with Crippen molar-refractivity contribution in [1.29, 1.82) is 0 Å². The summed E-state index contributed by atoms with van der Waals surface area (Å²) >= 11 is 0. The van der Waals surface area contributed by atoms with E-state index in [1.165, 1.54) is 45.7 Å². The van der Waals surface area contributed by atoms with Crippen LogP contribution in [0.3, 0.4) is 0 Å². The Balaban J connectivity index is 1.61. The summed E-state index contributed by atoms with van der Waals surface area (Å²) in [6.45, 7) is 25.1. The summed E-state index contributed by atoms with van der Waals surface area (Å²) in [7, 11) is -3.09. The lowest BCUT2D eigenvalue weighted by atomic mass is 9.86. The van der Waals surface area contributed by atoms with Gasteiger partial charge in [0.15, 0.2) is 11.6 Å². The fourth-order valence-corrected chi connectivity index (χ4v) is 16.4. The minimum atomic E-state index is -2.26. The molecule has 2 aliphatic heterocycles. The van der Waals surface area contributed by atoms with E-state index in [-0.39, 0.29) is 22.4 Å². The summed E-state index contributed by atoms with van der Waals surface area (Å²) in [6, 6.07) is 42.1. The monoisotopic (exact) mass is 677 g/mol. The number of hydrazine groups is 1. The lowest BCUT2D eigenvalue weighted by Gasteiger charge is -2.48.